The third-order valence-corrected chi connectivity index (χ3v) is 26.9. The van der Waals surface area contributed by atoms with Crippen LogP contribution in [0.2, 0.25) is 26.2 Å². The molecule has 0 bridgehead atoms. The lowest BCUT2D eigenvalue weighted by Crippen LogP contribution is -2.57. The zero-order chi connectivity index (χ0) is 23.2. The van der Waals surface area contributed by atoms with E-state index in [4.69, 9.17) is 0 Å². The minimum absolute atomic E-state index is 0.459. The zero-order valence-electron chi connectivity index (χ0n) is 21.2. The summed E-state index contributed by atoms with van der Waals surface area (Å²) in [5.74, 6) is 1.13. The van der Waals surface area contributed by atoms with Crippen LogP contribution in [0.4, 0.5) is 0 Å². The van der Waals surface area contributed by atoms with Gasteiger partial charge in [-0.3, -0.25) is 0 Å². The average molecular weight is 469 g/mol. The summed E-state index contributed by atoms with van der Waals surface area (Å²) in [6, 6.07) is 11.2. The van der Waals surface area contributed by atoms with E-state index in [2.05, 4.69) is 99.9 Å². The molecule has 5 rings (SSSR count). The van der Waals surface area contributed by atoms with Crippen LogP contribution in [0.25, 0.3) is 5.57 Å². The first-order valence-electron chi connectivity index (χ1n) is 13.2. The Hall–Kier alpha value is -1.91. The molecule has 1 aromatic carbocycles. The number of rotatable bonds is 7. The second-order valence-corrected chi connectivity index (χ2v) is 26.6. The van der Waals surface area contributed by atoms with Gasteiger partial charge in [0.1, 0.15) is 0 Å². The molecule has 172 valence electrons. The number of fused-ring (bicyclic) bond motifs is 2. The van der Waals surface area contributed by atoms with Crippen LogP contribution < -0.4 is 0 Å². The van der Waals surface area contributed by atoms with Gasteiger partial charge < -0.3 is 0 Å². The summed E-state index contributed by atoms with van der Waals surface area (Å²) in [6.45, 7) is 13.0. The number of hydrogen-bond acceptors (Lipinski definition) is 0. The van der Waals surface area contributed by atoms with E-state index in [1.54, 1.807) is 32.7 Å². The highest BCUT2D eigenvalue weighted by Crippen LogP contribution is 2.52. The van der Waals surface area contributed by atoms with E-state index in [0.717, 1.165) is 0 Å². The molecule has 4 aliphatic rings. The molecule has 1 fully saturated rings. The molecule has 0 amide bonds. The van der Waals surface area contributed by atoms with Crippen molar-refractivity contribution in [2.45, 2.75) is 71.6 Å². The molecule has 0 spiro atoms. The Balaban J connectivity index is 1.54. The molecule has 2 atom stereocenters. The number of unbranched alkanes of at least 4 members (excludes halogenated alkanes) is 1. The quantitative estimate of drug-likeness (QED) is 0.350. The molecule has 2 unspecified atom stereocenters. The Morgan fingerprint density at radius 1 is 0.909 bits per heavy atom. The maximum Gasteiger partial charge on any atom is 0.0795 e. The maximum atomic E-state index is 2.68. The largest absolute Gasteiger partial charge is 0.0795 e. The predicted octanol–water partition coefficient (Wildman–Crippen LogP) is 8.92. The van der Waals surface area contributed by atoms with E-state index in [-0.39, 0.29) is 0 Å². The van der Waals surface area contributed by atoms with Gasteiger partial charge in [0.05, 0.1) is 15.2 Å². The molecule has 0 saturated heterocycles. The Labute approximate surface area is 203 Å². The van der Waals surface area contributed by atoms with Crippen LogP contribution >= 0.6 is 0 Å². The Morgan fingerprint density at radius 3 is 2.45 bits per heavy atom. The van der Waals surface area contributed by atoms with Crippen LogP contribution in [-0.4, -0.2) is 15.2 Å². The molecule has 0 radical (unpaired) electrons. The fourth-order valence-electron chi connectivity index (χ4n) is 6.43. The van der Waals surface area contributed by atoms with Crippen LogP contribution in [0.3, 0.4) is 0 Å². The van der Waals surface area contributed by atoms with Gasteiger partial charge in [-0.15, -0.1) is 0 Å². The predicted molar refractivity (Wildman–Crippen MR) is 150 cm³/mol. The minimum Gasteiger partial charge on any atom is -0.0786 e. The SMILES string of the molecule is CCCCC1C=CC([Si](C)(C)[Si](C)(C)C2=C3C=C4CCCC4=C(c4ccccc4)C3C=C2)=C1. The highest BCUT2D eigenvalue weighted by atomic mass is 29.3. The van der Waals surface area contributed by atoms with Crippen LogP contribution in [0.1, 0.15) is 51.0 Å². The van der Waals surface area contributed by atoms with Gasteiger partial charge in [-0.2, -0.15) is 0 Å². The van der Waals surface area contributed by atoms with Crippen LogP contribution in [0.5, 0.6) is 0 Å². The number of benzene rings is 1. The molecule has 0 heterocycles. The summed E-state index contributed by atoms with van der Waals surface area (Å²) in [6.07, 6.45) is 23.2. The molecule has 4 aliphatic carbocycles. The second kappa shape index (κ2) is 8.71. The molecule has 2 heteroatoms. The molecule has 1 aromatic rings. The molecular formula is C31H40Si2. The first-order chi connectivity index (χ1) is 15.8. The van der Waals surface area contributed by atoms with Crippen molar-refractivity contribution in [1.82, 2.24) is 0 Å². The zero-order valence-corrected chi connectivity index (χ0v) is 23.2. The summed E-state index contributed by atoms with van der Waals surface area (Å²) in [5.41, 5.74) is 7.97. The summed E-state index contributed by atoms with van der Waals surface area (Å²) >= 11 is 0. The van der Waals surface area contributed by atoms with Crippen molar-refractivity contribution >= 4 is 20.8 Å². The van der Waals surface area contributed by atoms with E-state index >= 15 is 0 Å². The van der Waals surface area contributed by atoms with Gasteiger partial charge in [0.25, 0.3) is 0 Å². The van der Waals surface area contributed by atoms with E-state index < -0.39 is 15.2 Å². The highest BCUT2D eigenvalue weighted by molar-refractivity contribution is 7.46. The molecule has 33 heavy (non-hydrogen) atoms. The van der Waals surface area contributed by atoms with E-state index in [1.165, 1.54) is 44.1 Å². The van der Waals surface area contributed by atoms with Gasteiger partial charge in [0, 0.05) is 5.92 Å². The van der Waals surface area contributed by atoms with Gasteiger partial charge in [0.2, 0.25) is 0 Å². The summed E-state index contributed by atoms with van der Waals surface area (Å²) in [5, 5.41) is 3.46. The van der Waals surface area contributed by atoms with Gasteiger partial charge in [0.15, 0.2) is 0 Å². The van der Waals surface area contributed by atoms with Crippen molar-refractivity contribution in [3.8, 4) is 0 Å². The summed E-state index contributed by atoms with van der Waals surface area (Å²) in [4.78, 5) is 0. The second-order valence-electron chi connectivity index (χ2n) is 11.5. The van der Waals surface area contributed by atoms with E-state index in [9.17, 15) is 0 Å². The van der Waals surface area contributed by atoms with Crippen LogP contribution in [0, 0.1) is 11.8 Å². The van der Waals surface area contributed by atoms with Crippen LogP contribution in [0.15, 0.2) is 93.9 Å². The monoisotopic (exact) mass is 468 g/mol. The first-order valence-corrected chi connectivity index (χ1v) is 20.2. The third-order valence-electron chi connectivity index (χ3n) is 9.18. The smallest absolute Gasteiger partial charge is 0.0786 e. The third kappa shape index (κ3) is 3.80. The fraction of sp³-hybridized carbons (Fsp3) is 0.419. The standard InChI is InChI=1S/C31H40Si2/c1-6-7-12-23-17-18-26(21-23)32(2,3)33(4,5)30-20-19-28-29(30)22-25-15-11-16-27(25)31(28)24-13-9-8-10-14-24/h8-10,13-14,17-23,28H,6-7,11-12,15-16H2,1-5H3. The summed E-state index contributed by atoms with van der Waals surface area (Å²) < 4.78 is 0. The molecule has 0 aromatic heterocycles. The molecule has 1 saturated carbocycles. The normalized spacial score (nSPS) is 24.4. The minimum atomic E-state index is -1.66. The molecule has 0 aliphatic heterocycles. The number of hydrogen-bond donors (Lipinski definition) is 0. The average Bonchev–Trinajstić information content (AvgIpc) is 3.55. The maximum absolute atomic E-state index is 2.68. The molecule has 0 nitrogen and oxygen atoms in total. The lowest BCUT2D eigenvalue weighted by molar-refractivity contribution is 0.647. The van der Waals surface area contributed by atoms with Crippen molar-refractivity contribution in [2.24, 2.45) is 11.8 Å². The van der Waals surface area contributed by atoms with Gasteiger partial charge in [-0.05, 0) is 59.5 Å². The van der Waals surface area contributed by atoms with Crippen molar-refractivity contribution in [3.63, 3.8) is 0 Å². The molecular weight excluding hydrogens is 429 g/mol. The Kier molecular flexibility index (Phi) is 6.03. The van der Waals surface area contributed by atoms with Gasteiger partial charge >= 0.3 is 0 Å². The van der Waals surface area contributed by atoms with E-state index in [0.29, 0.717) is 11.8 Å². The molecule has 0 N–H and O–H groups in total. The van der Waals surface area contributed by atoms with Gasteiger partial charge in [-0.1, -0.05) is 123 Å². The van der Waals surface area contributed by atoms with Crippen molar-refractivity contribution in [3.05, 3.63) is 99.5 Å². The van der Waals surface area contributed by atoms with E-state index in [1.807, 2.05) is 0 Å². The lowest BCUT2D eigenvalue weighted by Gasteiger charge is -2.41. The van der Waals surface area contributed by atoms with Crippen molar-refractivity contribution < 1.29 is 0 Å². The van der Waals surface area contributed by atoms with Crippen molar-refractivity contribution in [1.29, 1.82) is 0 Å². The Morgan fingerprint density at radius 2 is 1.70 bits per heavy atom. The number of allylic oxidation sites excluding steroid dienone is 12. The Bertz CT molecular complexity index is 1120. The lowest BCUT2D eigenvalue weighted by atomic mass is 9.79. The topological polar surface area (TPSA) is 0 Å². The summed E-state index contributed by atoms with van der Waals surface area (Å²) in [7, 11) is -3.26. The first kappa shape index (κ1) is 22.9. The van der Waals surface area contributed by atoms with Gasteiger partial charge in [-0.25, -0.2) is 0 Å². The van der Waals surface area contributed by atoms with Crippen LogP contribution in [-0.2, 0) is 0 Å². The fourth-order valence-corrected chi connectivity index (χ4v) is 15.8. The van der Waals surface area contributed by atoms with Crippen molar-refractivity contribution in [2.75, 3.05) is 0 Å². The highest BCUT2D eigenvalue weighted by Gasteiger charge is 2.48.